The lowest BCUT2D eigenvalue weighted by molar-refractivity contribution is -0.144. The number of esters is 1. The summed E-state index contributed by atoms with van der Waals surface area (Å²) in [5.74, 6) is -0.0392. The molecule has 0 aromatic heterocycles. The summed E-state index contributed by atoms with van der Waals surface area (Å²) in [6, 6.07) is 9.99. The Morgan fingerprint density at radius 2 is 2.07 bits per heavy atom. The molecule has 0 N–H and O–H groups in total. The molecular weight excluding hydrogens is 188 g/mol. The zero-order chi connectivity index (χ0) is 11.1. The molecule has 0 aliphatic rings. The van der Waals surface area contributed by atoms with Gasteiger partial charge in [-0.05, 0) is 18.4 Å². The summed E-state index contributed by atoms with van der Waals surface area (Å²) in [4.78, 5) is 11.2. The summed E-state index contributed by atoms with van der Waals surface area (Å²) in [6.07, 6.45) is 1.17. The van der Waals surface area contributed by atoms with E-state index in [2.05, 4.69) is 6.92 Å². The highest BCUT2D eigenvalue weighted by Gasteiger charge is 2.05. The smallest absolute Gasteiger partial charge is 0.306 e. The Balaban J connectivity index is 2.19. The van der Waals surface area contributed by atoms with Crippen molar-refractivity contribution in [3.05, 3.63) is 42.8 Å². The average Bonchev–Trinajstić information content (AvgIpc) is 2.18. The number of benzene rings is 1. The highest BCUT2D eigenvalue weighted by atomic mass is 16.5. The average molecular weight is 205 g/mol. The van der Waals surface area contributed by atoms with Crippen LogP contribution in [-0.2, 0) is 16.0 Å². The molecule has 1 unspecified atom stereocenters. The molecule has 0 amide bonds. The Labute approximate surface area is 91.3 Å². The molecule has 0 saturated heterocycles. The Kier molecular flexibility index (Phi) is 4.88. The lowest BCUT2D eigenvalue weighted by atomic mass is 10.1. The molecule has 2 heteroatoms. The first kappa shape index (κ1) is 11.8. The van der Waals surface area contributed by atoms with Gasteiger partial charge in [-0.25, -0.2) is 0 Å². The van der Waals surface area contributed by atoms with Crippen molar-refractivity contribution in [3.8, 4) is 0 Å². The van der Waals surface area contributed by atoms with Gasteiger partial charge >= 0.3 is 5.97 Å². The van der Waals surface area contributed by atoms with E-state index < -0.39 is 0 Å². The van der Waals surface area contributed by atoms with Crippen LogP contribution in [0.5, 0.6) is 0 Å². The summed E-state index contributed by atoms with van der Waals surface area (Å²) in [7, 11) is 0. The number of ether oxygens (including phenoxy) is 1. The summed E-state index contributed by atoms with van der Waals surface area (Å²) in [5.41, 5.74) is 1.19. The second kappa shape index (κ2) is 6.23. The minimum Gasteiger partial charge on any atom is -0.465 e. The zero-order valence-corrected chi connectivity index (χ0v) is 9.11. The predicted molar refractivity (Wildman–Crippen MR) is 60.2 cm³/mol. The molecule has 0 fully saturated rings. The first-order chi connectivity index (χ1) is 7.18. The van der Waals surface area contributed by atoms with Crippen molar-refractivity contribution in [1.82, 2.24) is 0 Å². The van der Waals surface area contributed by atoms with Crippen molar-refractivity contribution in [1.29, 1.82) is 0 Å². The van der Waals surface area contributed by atoms with E-state index in [1.165, 1.54) is 5.56 Å². The third-order valence-corrected chi connectivity index (χ3v) is 2.01. The van der Waals surface area contributed by atoms with Gasteiger partial charge in [0.15, 0.2) is 0 Å². The van der Waals surface area contributed by atoms with E-state index in [4.69, 9.17) is 4.74 Å². The predicted octanol–water partition coefficient (Wildman–Crippen LogP) is 2.63. The molecule has 1 aromatic rings. The van der Waals surface area contributed by atoms with E-state index in [1.54, 1.807) is 0 Å². The first-order valence-electron chi connectivity index (χ1n) is 5.21. The maximum atomic E-state index is 11.2. The second-order valence-electron chi connectivity index (χ2n) is 3.77. The highest BCUT2D eigenvalue weighted by Crippen LogP contribution is 2.03. The Morgan fingerprint density at radius 3 is 2.67 bits per heavy atom. The van der Waals surface area contributed by atoms with Crippen molar-refractivity contribution < 1.29 is 9.53 Å². The molecule has 0 aliphatic heterocycles. The van der Waals surface area contributed by atoms with Gasteiger partial charge in [0.2, 0.25) is 0 Å². The minimum atomic E-state index is -0.159. The standard InChI is InChI=1S/C13H17O2/c1-11(2)10-13(14)15-9-8-12-6-4-3-5-7-12/h3-7,11H,1,8-10H2,2H3. The largest absolute Gasteiger partial charge is 0.465 e. The molecule has 0 bridgehead atoms. The lowest BCUT2D eigenvalue weighted by Gasteiger charge is -2.06. The van der Waals surface area contributed by atoms with Gasteiger partial charge in [0, 0.05) is 12.8 Å². The van der Waals surface area contributed by atoms with Gasteiger partial charge in [-0.15, -0.1) is 0 Å². The van der Waals surface area contributed by atoms with Crippen molar-refractivity contribution in [2.75, 3.05) is 6.61 Å². The van der Waals surface area contributed by atoms with Crippen molar-refractivity contribution >= 4 is 5.97 Å². The van der Waals surface area contributed by atoms with Gasteiger partial charge < -0.3 is 4.74 Å². The molecule has 81 valence electrons. The molecule has 1 aromatic carbocycles. The second-order valence-corrected chi connectivity index (χ2v) is 3.77. The molecule has 1 rings (SSSR count). The summed E-state index contributed by atoms with van der Waals surface area (Å²) in [5, 5.41) is 0. The van der Waals surface area contributed by atoms with Gasteiger partial charge in [0.05, 0.1) is 6.61 Å². The maximum Gasteiger partial charge on any atom is 0.306 e. The molecular formula is C13H17O2. The van der Waals surface area contributed by atoms with E-state index in [0.717, 1.165) is 6.42 Å². The summed E-state index contributed by atoms with van der Waals surface area (Å²) < 4.78 is 5.08. The van der Waals surface area contributed by atoms with Crippen LogP contribution in [-0.4, -0.2) is 12.6 Å². The number of hydrogen-bond acceptors (Lipinski definition) is 2. The van der Waals surface area contributed by atoms with Crippen molar-refractivity contribution in [3.63, 3.8) is 0 Å². The fourth-order valence-corrected chi connectivity index (χ4v) is 1.27. The van der Waals surface area contributed by atoms with Gasteiger partial charge in [-0.1, -0.05) is 37.3 Å². The van der Waals surface area contributed by atoms with Crippen LogP contribution in [0.3, 0.4) is 0 Å². The first-order valence-corrected chi connectivity index (χ1v) is 5.21. The van der Waals surface area contributed by atoms with Crippen molar-refractivity contribution in [2.45, 2.75) is 19.8 Å². The molecule has 0 saturated carbocycles. The monoisotopic (exact) mass is 205 g/mol. The molecule has 0 heterocycles. The number of rotatable bonds is 5. The van der Waals surface area contributed by atoms with Gasteiger partial charge in [0.25, 0.3) is 0 Å². The van der Waals surface area contributed by atoms with Crippen LogP contribution < -0.4 is 0 Å². The zero-order valence-electron chi connectivity index (χ0n) is 9.11. The molecule has 1 atom stereocenters. The summed E-state index contributed by atoms with van der Waals surface area (Å²) in [6.45, 7) is 6.10. The lowest BCUT2D eigenvalue weighted by Crippen LogP contribution is -2.10. The quantitative estimate of drug-likeness (QED) is 0.691. The number of hydrogen-bond donors (Lipinski definition) is 0. The third-order valence-electron chi connectivity index (χ3n) is 2.01. The number of carbonyl (C=O) groups excluding carboxylic acids is 1. The van der Waals surface area contributed by atoms with Crippen LogP contribution in [0.1, 0.15) is 18.9 Å². The third kappa shape index (κ3) is 5.21. The van der Waals surface area contributed by atoms with E-state index in [9.17, 15) is 4.79 Å². The minimum absolute atomic E-state index is 0.120. The van der Waals surface area contributed by atoms with Crippen molar-refractivity contribution in [2.24, 2.45) is 5.92 Å². The fourth-order valence-electron chi connectivity index (χ4n) is 1.27. The Bertz CT molecular complexity index is 291. The molecule has 15 heavy (non-hydrogen) atoms. The highest BCUT2D eigenvalue weighted by molar-refractivity contribution is 5.69. The van der Waals surface area contributed by atoms with Gasteiger partial charge in [-0.3, -0.25) is 4.79 Å². The van der Waals surface area contributed by atoms with E-state index >= 15 is 0 Å². The van der Waals surface area contributed by atoms with Crippen LogP contribution in [0.15, 0.2) is 30.3 Å². The molecule has 2 nitrogen and oxygen atoms in total. The van der Waals surface area contributed by atoms with E-state index in [-0.39, 0.29) is 11.9 Å². The fraction of sp³-hybridized carbons (Fsp3) is 0.385. The Hall–Kier alpha value is -1.31. The number of carbonyl (C=O) groups is 1. The van der Waals surface area contributed by atoms with Crippen LogP contribution in [0.2, 0.25) is 0 Å². The van der Waals surface area contributed by atoms with Crippen LogP contribution in [0, 0.1) is 12.8 Å². The molecule has 0 aliphatic carbocycles. The van der Waals surface area contributed by atoms with Gasteiger partial charge in [0.1, 0.15) is 0 Å². The van der Waals surface area contributed by atoms with Gasteiger partial charge in [-0.2, -0.15) is 0 Å². The van der Waals surface area contributed by atoms with E-state index in [0.29, 0.717) is 13.0 Å². The SMILES string of the molecule is [CH2]C(C)CC(=O)OCCc1ccccc1. The van der Waals surface area contributed by atoms with Crippen LogP contribution in [0.4, 0.5) is 0 Å². The van der Waals surface area contributed by atoms with E-state index in [1.807, 2.05) is 37.3 Å². The molecule has 1 radical (unpaired) electrons. The Morgan fingerprint density at radius 1 is 1.40 bits per heavy atom. The van der Waals surface area contributed by atoms with Crippen LogP contribution >= 0.6 is 0 Å². The molecule has 0 spiro atoms. The maximum absolute atomic E-state index is 11.2. The topological polar surface area (TPSA) is 26.3 Å². The normalized spacial score (nSPS) is 10.3. The summed E-state index contributed by atoms with van der Waals surface area (Å²) >= 11 is 0. The van der Waals surface area contributed by atoms with Crippen LogP contribution in [0.25, 0.3) is 0 Å².